The fraction of sp³-hybridized carbons (Fsp3) is 0.278. The van der Waals surface area contributed by atoms with Gasteiger partial charge in [-0.25, -0.2) is 8.42 Å². The van der Waals surface area contributed by atoms with Gasteiger partial charge in [-0.1, -0.05) is 26.0 Å². The molecule has 0 atom stereocenters. The van der Waals surface area contributed by atoms with Crippen molar-refractivity contribution in [3.05, 3.63) is 58.1 Å². The van der Waals surface area contributed by atoms with Crippen molar-refractivity contribution in [3.63, 3.8) is 0 Å². The summed E-state index contributed by atoms with van der Waals surface area (Å²) in [4.78, 5) is 10.5. The van der Waals surface area contributed by atoms with Crippen LogP contribution in [0, 0.1) is 10.1 Å². The number of nitro groups is 1. The van der Waals surface area contributed by atoms with Gasteiger partial charge in [-0.2, -0.15) is 18.2 Å². The molecule has 0 bridgehead atoms. The first-order valence-corrected chi connectivity index (χ1v) is 10.3. The third-order valence-electron chi connectivity index (χ3n) is 4.03. The second-order valence-electron chi connectivity index (χ2n) is 5.81. The van der Waals surface area contributed by atoms with E-state index in [1.165, 1.54) is 34.6 Å². The van der Waals surface area contributed by atoms with E-state index in [1.807, 2.05) is 0 Å². The van der Waals surface area contributed by atoms with Gasteiger partial charge in [0, 0.05) is 24.7 Å². The largest absolute Gasteiger partial charge is 0.434 e. The Morgan fingerprint density at radius 3 is 2.50 bits per heavy atom. The Morgan fingerprint density at radius 2 is 1.90 bits per heavy atom. The lowest BCUT2D eigenvalue weighted by atomic mass is 10.2. The van der Waals surface area contributed by atoms with Crippen molar-refractivity contribution >= 4 is 27.6 Å². The summed E-state index contributed by atoms with van der Waals surface area (Å²) < 4.78 is 55.6. The molecule has 0 radical (unpaired) electrons. The number of anilines is 1. The van der Waals surface area contributed by atoms with Crippen LogP contribution in [-0.4, -0.2) is 43.6 Å². The molecule has 0 aromatic heterocycles. The summed E-state index contributed by atoms with van der Waals surface area (Å²) >= 11 is 0. The quantitative estimate of drug-likeness (QED) is 0.341. The number of para-hydroxylation sites is 1. The summed E-state index contributed by atoms with van der Waals surface area (Å²) in [6.07, 6.45) is 1.15. The van der Waals surface area contributed by atoms with Crippen molar-refractivity contribution in [2.45, 2.75) is 25.4 Å². The first-order valence-electron chi connectivity index (χ1n) is 8.82. The van der Waals surface area contributed by atoms with Gasteiger partial charge < -0.3 is 4.74 Å². The molecule has 0 spiro atoms. The minimum absolute atomic E-state index is 0.0676. The number of sulfonamides is 1. The fourth-order valence-corrected chi connectivity index (χ4v) is 4.07. The number of halogens is 2. The predicted molar refractivity (Wildman–Crippen MR) is 107 cm³/mol. The van der Waals surface area contributed by atoms with Gasteiger partial charge in [0.1, 0.15) is 11.4 Å². The number of nitro benzene ring substituents is 1. The first-order chi connectivity index (χ1) is 14.2. The van der Waals surface area contributed by atoms with Crippen LogP contribution in [0.15, 0.2) is 52.5 Å². The highest BCUT2D eigenvalue weighted by atomic mass is 32.2. The van der Waals surface area contributed by atoms with E-state index in [1.54, 1.807) is 19.9 Å². The highest BCUT2D eigenvalue weighted by molar-refractivity contribution is 7.89. The summed E-state index contributed by atoms with van der Waals surface area (Å²) in [6, 6.07) is 9.26. The van der Waals surface area contributed by atoms with Gasteiger partial charge in [-0.3, -0.25) is 15.5 Å². The van der Waals surface area contributed by atoms with Crippen LogP contribution >= 0.6 is 0 Å². The van der Waals surface area contributed by atoms with Crippen LogP contribution in [0.5, 0.6) is 5.75 Å². The zero-order chi connectivity index (χ0) is 22.3. The van der Waals surface area contributed by atoms with Crippen LogP contribution in [0.1, 0.15) is 19.4 Å². The van der Waals surface area contributed by atoms with Crippen molar-refractivity contribution in [2.24, 2.45) is 5.10 Å². The Kier molecular flexibility index (Phi) is 7.78. The second kappa shape index (κ2) is 10.1. The summed E-state index contributed by atoms with van der Waals surface area (Å²) in [5, 5.41) is 15.2. The van der Waals surface area contributed by atoms with E-state index in [-0.39, 0.29) is 35.0 Å². The smallest absolute Gasteiger partial charge is 0.387 e. The molecule has 0 aliphatic rings. The molecule has 0 aliphatic carbocycles. The normalized spacial score (nSPS) is 11.9. The van der Waals surface area contributed by atoms with Crippen LogP contribution in [0.25, 0.3) is 0 Å². The monoisotopic (exact) mass is 442 g/mol. The van der Waals surface area contributed by atoms with Crippen LogP contribution < -0.4 is 10.2 Å². The summed E-state index contributed by atoms with van der Waals surface area (Å²) in [5.74, 6) is -0.117. The molecular weight excluding hydrogens is 422 g/mol. The molecular formula is C18H20F2N4O5S. The number of ether oxygens (including phenoxy) is 1. The predicted octanol–water partition coefficient (Wildman–Crippen LogP) is 3.67. The van der Waals surface area contributed by atoms with Crippen molar-refractivity contribution in [1.29, 1.82) is 0 Å². The maximum absolute atomic E-state index is 12.6. The molecule has 30 heavy (non-hydrogen) atoms. The van der Waals surface area contributed by atoms with Crippen molar-refractivity contribution < 1.29 is 26.9 Å². The number of nitrogens with one attached hydrogen (secondary N) is 1. The van der Waals surface area contributed by atoms with E-state index in [0.717, 1.165) is 12.3 Å². The van der Waals surface area contributed by atoms with E-state index in [0.29, 0.717) is 0 Å². The average molecular weight is 442 g/mol. The molecule has 0 heterocycles. The van der Waals surface area contributed by atoms with E-state index in [4.69, 9.17) is 0 Å². The lowest BCUT2D eigenvalue weighted by Crippen LogP contribution is -2.30. The molecule has 2 rings (SSSR count). The number of hydrazone groups is 1. The lowest BCUT2D eigenvalue weighted by molar-refractivity contribution is -0.384. The Balaban J connectivity index is 2.32. The zero-order valence-electron chi connectivity index (χ0n) is 16.2. The van der Waals surface area contributed by atoms with E-state index in [2.05, 4.69) is 15.3 Å². The molecule has 0 fully saturated rings. The summed E-state index contributed by atoms with van der Waals surface area (Å²) in [5.41, 5.74) is 2.08. The van der Waals surface area contributed by atoms with Crippen LogP contribution in [0.3, 0.4) is 0 Å². The highest BCUT2D eigenvalue weighted by Gasteiger charge is 2.25. The molecule has 0 saturated heterocycles. The summed E-state index contributed by atoms with van der Waals surface area (Å²) in [7, 11) is -3.88. The van der Waals surface area contributed by atoms with Gasteiger partial charge in [0.25, 0.3) is 5.69 Å². The summed E-state index contributed by atoms with van der Waals surface area (Å²) in [6.45, 7) is 0.744. The van der Waals surface area contributed by atoms with Gasteiger partial charge >= 0.3 is 6.61 Å². The standard InChI is InChI=1S/C18H20F2N4O5S/c1-3-23(4-2)30(27,28)14-9-10-15(16(11-14)24(25)26)22-21-12-13-7-5-6-8-17(13)29-18(19)20/h5-12,18,22H,3-4H2,1-2H3/b21-12+. The molecule has 0 amide bonds. The highest BCUT2D eigenvalue weighted by Crippen LogP contribution is 2.29. The van der Waals surface area contributed by atoms with Crippen LogP contribution in [-0.2, 0) is 10.0 Å². The molecule has 1 N–H and O–H groups in total. The lowest BCUT2D eigenvalue weighted by Gasteiger charge is -2.18. The van der Waals surface area contributed by atoms with Crippen molar-refractivity contribution in [3.8, 4) is 5.75 Å². The van der Waals surface area contributed by atoms with Crippen LogP contribution in [0.4, 0.5) is 20.2 Å². The molecule has 2 aromatic carbocycles. The number of benzene rings is 2. The third kappa shape index (κ3) is 5.48. The third-order valence-corrected chi connectivity index (χ3v) is 6.08. The molecule has 12 heteroatoms. The molecule has 0 unspecified atom stereocenters. The average Bonchev–Trinajstić information content (AvgIpc) is 2.69. The molecule has 0 saturated carbocycles. The van der Waals surface area contributed by atoms with Crippen molar-refractivity contribution in [2.75, 3.05) is 18.5 Å². The SMILES string of the molecule is CCN(CC)S(=O)(=O)c1ccc(N/N=C/c2ccccc2OC(F)F)c([N+](=O)[O-])c1. The maximum Gasteiger partial charge on any atom is 0.387 e. The number of nitrogens with zero attached hydrogens (tertiary/aromatic N) is 3. The molecule has 162 valence electrons. The number of alkyl halides is 2. The van der Waals surface area contributed by atoms with E-state index in [9.17, 15) is 27.3 Å². The molecule has 9 nitrogen and oxygen atoms in total. The van der Waals surface area contributed by atoms with E-state index < -0.39 is 27.2 Å². The minimum Gasteiger partial charge on any atom is -0.434 e. The van der Waals surface area contributed by atoms with Gasteiger partial charge in [0.05, 0.1) is 16.0 Å². The van der Waals surface area contributed by atoms with Crippen molar-refractivity contribution in [1.82, 2.24) is 4.31 Å². The Bertz CT molecular complexity index is 1030. The number of hydrogen-bond donors (Lipinski definition) is 1. The Morgan fingerprint density at radius 1 is 1.23 bits per heavy atom. The number of rotatable bonds is 10. The second-order valence-corrected chi connectivity index (χ2v) is 7.75. The van der Waals surface area contributed by atoms with Gasteiger partial charge in [0.2, 0.25) is 10.0 Å². The van der Waals surface area contributed by atoms with Gasteiger partial charge in [-0.15, -0.1) is 0 Å². The minimum atomic E-state index is -3.88. The molecule has 2 aromatic rings. The molecule has 0 aliphatic heterocycles. The number of hydrogen-bond acceptors (Lipinski definition) is 7. The Labute approximate surface area is 172 Å². The topological polar surface area (TPSA) is 114 Å². The van der Waals surface area contributed by atoms with E-state index >= 15 is 0 Å². The Hall–Kier alpha value is -3.12. The van der Waals surface area contributed by atoms with Gasteiger partial charge in [-0.05, 0) is 24.3 Å². The fourth-order valence-electron chi connectivity index (χ4n) is 2.59. The first kappa shape index (κ1) is 23.2. The maximum atomic E-state index is 12.6. The van der Waals surface area contributed by atoms with Gasteiger partial charge in [0.15, 0.2) is 0 Å². The van der Waals surface area contributed by atoms with Crippen LogP contribution in [0.2, 0.25) is 0 Å². The zero-order valence-corrected chi connectivity index (χ0v) is 17.0.